The van der Waals surface area contributed by atoms with Gasteiger partial charge in [-0.05, 0) is 61.7 Å². The zero-order valence-corrected chi connectivity index (χ0v) is 17.7. The standard InChI is InChI=1S/C20H24O7S2/c1-16(22)12-14-29(25,26)20-10-8-19(9-11-20)27-18-6-4-17(5-7-18)3-2-13-28(23,24)15-21/h4-11,21H,2-3,12-15H2,1H3. The van der Waals surface area contributed by atoms with E-state index < -0.39 is 25.6 Å². The zero-order valence-electron chi connectivity index (χ0n) is 16.1. The molecule has 7 nitrogen and oxygen atoms in total. The minimum absolute atomic E-state index is 0.0150. The van der Waals surface area contributed by atoms with Crippen LogP contribution in [0.4, 0.5) is 0 Å². The number of carbonyl (C=O) groups excluding carboxylic acids is 1. The molecule has 158 valence electrons. The van der Waals surface area contributed by atoms with Crippen LogP contribution >= 0.6 is 0 Å². The second kappa shape index (κ2) is 10.00. The number of aliphatic hydroxyl groups is 1. The summed E-state index contributed by atoms with van der Waals surface area (Å²) >= 11 is 0. The molecule has 0 amide bonds. The van der Waals surface area contributed by atoms with Gasteiger partial charge in [-0.15, -0.1) is 0 Å². The highest BCUT2D eigenvalue weighted by atomic mass is 32.2. The smallest absolute Gasteiger partial charge is 0.178 e. The second-order valence-corrected chi connectivity index (χ2v) is 10.9. The molecule has 0 atom stereocenters. The van der Waals surface area contributed by atoms with E-state index in [0.717, 1.165) is 5.56 Å². The van der Waals surface area contributed by atoms with Crippen molar-refractivity contribution >= 4 is 25.5 Å². The maximum Gasteiger partial charge on any atom is 0.178 e. The Bertz CT molecular complexity index is 1020. The molecule has 0 radical (unpaired) electrons. The quantitative estimate of drug-likeness (QED) is 0.571. The average molecular weight is 441 g/mol. The van der Waals surface area contributed by atoms with Crippen molar-refractivity contribution in [1.29, 1.82) is 0 Å². The molecule has 0 spiro atoms. The van der Waals surface area contributed by atoms with Crippen molar-refractivity contribution in [2.24, 2.45) is 0 Å². The van der Waals surface area contributed by atoms with Gasteiger partial charge >= 0.3 is 0 Å². The number of aryl methyl sites for hydroxylation is 1. The van der Waals surface area contributed by atoms with Gasteiger partial charge in [0.15, 0.2) is 19.7 Å². The van der Waals surface area contributed by atoms with E-state index in [4.69, 9.17) is 9.84 Å². The minimum Gasteiger partial charge on any atom is -0.457 e. The fourth-order valence-corrected chi connectivity index (χ4v) is 4.59. The number of carbonyl (C=O) groups is 1. The van der Waals surface area contributed by atoms with Gasteiger partial charge in [-0.1, -0.05) is 12.1 Å². The van der Waals surface area contributed by atoms with E-state index >= 15 is 0 Å². The SMILES string of the molecule is CC(=O)CCS(=O)(=O)c1ccc(Oc2ccc(CCCS(=O)(=O)CO)cc2)cc1. The maximum absolute atomic E-state index is 12.2. The molecule has 0 heterocycles. The Morgan fingerprint density at radius 3 is 1.97 bits per heavy atom. The first kappa shape index (κ1) is 23.1. The lowest BCUT2D eigenvalue weighted by molar-refractivity contribution is -0.116. The van der Waals surface area contributed by atoms with E-state index in [1.165, 1.54) is 19.1 Å². The molecule has 2 aromatic carbocycles. The predicted molar refractivity (Wildman–Crippen MR) is 110 cm³/mol. The third-order valence-corrected chi connectivity index (χ3v) is 7.22. The van der Waals surface area contributed by atoms with Crippen molar-refractivity contribution < 1.29 is 31.5 Å². The Kier molecular flexibility index (Phi) is 7.95. The highest BCUT2D eigenvalue weighted by Crippen LogP contribution is 2.24. The molecule has 0 bridgehead atoms. The van der Waals surface area contributed by atoms with Gasteiger partial charge in [-0.2, -0.15) is 0 Å². The molecule has 2 rings (SSSR count). The maximum atomic E-state index is 12.2. The van der Waals surface area contributed by atoms with Crippen LogP contribution in [-0.2, 0) is 30.9 Å². The Labute approximate surface area is 171 Å². The third kappa shape index (κ3) is 7.60. The molecular weight excluding hydrogens is 416 g/mol. The van der Waals surface area contributed by atoms with E-state index in [9.17, 15) is 21.6 Å². The van der Waals surface area contributed by atoms with Crippen molar-refractivity contribution in [2.45, 2.75) is 31.1 Å². The fraction of sp³-hybridized carbons (Fsp3) is 0.350. The van der Waals surface area contributed by atoms with E-state index in [0.29, 0.717) is 24.3 Å². The van der Waals surface area contributed by atoms with Crippen LogP contribution in [0.25, 0.3) is 0 Å². The summed E-state index contributed by atoms with van der Waals surface area (Å²) in [7, 11) is -6.90. The van der Waals surface area contributed by atoms with Gasteiger partial charge in [0.1, 0.15) is 23.2 Å². The summed E-state index contributed by atoms with van der Waals surface area (Å²) in [5.41, 5.74) is 0.942. The normalized spacial score (nSPS) is 11.9. The number of aliphatic hydroxyl groups excluding tert-OH is 1. The topological polar surface area (TPSA) is 115 Å². The second-order valence-electron chi connectivity index (χ2n) is 6.67. The summed E-state index contributed by atoms with van der Waals surface area (Å²) in [6, 6.07) is 13.1. The summed E-state index contributed by atoms with van der Waals surface area (Å²) in [5.74, 6) is -0.267. The summed E-state index contributed by atoms with van der Waals surface area (Å²) in [4.78, 5) is 11.1. The van der Waals surface area contributed by atoms with Gasteiger partial charge in [0.2, 0.25) is 0 Å². The molecule has 9 heteroatoms. The number of ketones is 1. The van der Waals surface area contributed by atoms with Crippen molar-refractivity contribution in [3.05, 3.63) is 54.1 Å². The highest BCUT2D eigenvalue weighted by molar-refractivity contribution is 7.91. The lowest BCUT2D eigenvalue weighted by Gasteiger charge is -2.08. The van der Waals surface area contributed by atoms with E-state index in [1.807, 2.05) is 12.1 Å². The van der Waals surface area contributed by atoms with Crippen LogP contribution in [0.2, 0.25) is 0 Å². The number of benzene rings is 2. The van der Waals surface area contributed by atoms with Crippen LogP contribution < -0.4 is 4.74 Å². The lowest BCUT2D eigenvalue weighted by atomic mass is 10.1. The molecule has 2 aromatic rings. The molecule has 0 saturated heterocycles. The van der Waals surface area contributed by atoms with Crippen molar-refractivity contribution in [3.63, 3.8) is 0 Å². The van der Waals surface area contributed by atoms with Crippen LogP contribution in [0.5, 0.6) is 11.5 Å². The van der Waals surface area contributed by atoms with E-state index in [2.05, 4.69) is 0 Å². The van der Waals surface area contributed by atoms with Crippen LogP contribution in [0.15, 0.2) is 53.4 Å². The van der Waals surface area contributed by atoms with Crippen molar-refractivity contribution in [1.82, 2.24) is 0 Å². The van der Waals surface area contributed by atoms with E-state index in [1.54, 1.807) is 24.3 Å². The molecule has 0 aromatic heterocycles. The Morgan fingerprint density at radius 1 is 0.897 bits per heavy atom. The van der Waals surface area contributed by atoms with Gasteiger partial charge in [0.25, 0.3) is 0 Å². The molecule has 1 N–H and O–H groups in total. The average Bonchev–Trinajstić information content (AvgIpc) is 2.68. The zero-order chi connectivity index (χ0) is 21.5. The predicted octanol–water partition coefficient (Wildman–Crippen LogP) is 2.53. The van der Waals surface area contributed by atoms with Gasteiger partial charge < -0.3 is 9.84 Å². The van der Waals surface area contributed by atoms with Gasteiger partial charge in [0, 0.05) is 6.42 Å². The molecule has 0 fully saturated rings. The summed E-state index contributed by atoms with van der Waals surface area (Å²) in [5, 5.41) is 8.73. The van der Waals surface area contributed by atoms with Gasteiger partial charge in [0.05, 0.1) is 16.4 Å². The number of ether oxygens (including phenoxy) is 1. The molecule has 0 saturated carbocycles. The molecular formula is C20H24O7S2. The van der Waals surface area contributed by atoms with Crippen molar-refractivity contribution in [3.8, 4) is 11.5 Å². The monoisotopic (exact) mass is 440 g/mol. The Morgan fingerprint density at radius 2 is 1.45 bits per heavy atom. The molecule has 0 unspecified atom stereocenters. The summed E-state index contributed by atoms with van der Waals surface area (Å²) in [6.45, 7) is 1.36. The van der Waals surface area contributed by atoms with E-state index in [-0.39, 0.29) is 28.6 Å². The molecule has 0 aliphatic heterocycles. The Hall–Kier alpha value is -2.23. The highest BCUT2D eigenvalue weighted by Gasteiger charge is 2.15. The Balaban J connectivity index is 1.94. The third-order valence-electron chi connectivity index (χ3n) is 4.18. The minimum atomic E-state index is -3.51. The van der Waals surface area contributed by atoms with Crippen LogP contribution in [0.1, 0.15) is 25.3 Å². The van der Waals surface area contributed by atoms with Crippen LogP contribution in [-0.4, -0.2) is 45.2 Å². The fourth-order valence-electron chi connectivity index (χ4n) is 2.53. The lowest BCUT2D eigenvalue weighted by Crippen LogP contribution is -2.10. The van der Waals surface area contributed by atoms with Gasteiger partial charge in [-0.25, -0.2) is 16.8 Å². The first-order chi connectivity index (χ1) is 13.6. The number of hydrogen-bond donors (Lipinski definition) is 1. The first-order valence-electron chi connectivity index (χ1n) is 9.02. The number of sulfone groups is 2. The number of hydrogen-bond acceptors (Lipinski definition) is 7. The van der Waals surface area contributed by atoms with Crippen LogP contribution in [0.3, 0.4) is 0 Å². The molecule has 0 aliphatic rings. The molecule has 29 heavy (non-hydrogen) atoms. The first-order valence-corrected chi connectivity index (χ1v) is 12.5. The molecule has 0 aliphatic carbocycles. The summed E-state index contributed by atoms with van der Waals surface area (Å²) < 4.78 is 52.6. The number of rotatable bonds is 11. The van der Waals surface area contributed by atoms with Gasteiger partial charge in [-0.3, -0.25) is 4.79 Å². The van der Waals surface area contributed by atoms with Crippen LogP contribution in [0, 0.1) is 0 Å². The largest absolute Gasteiger partial charge is 0.457 e. The summed E-state index contributed by atoms with van der Waals surface area (Å²) in [6.07, 6.45) is 0.966. The van der Waals surface area contributed by atoms with Crippen molar-refractivity contribution in [2.75, 3.05) is 17.4 Å². The number of Topliss-reactive ketones (excluding diaryl/α,β-unsaturated/α-hetero) is 1.